The summed E-state index contributed by atoms with van der Waals surface area (Å²) in [5.41, 5.74) is 1.82. The van der Waals surface area contributed by atoms with Gasteiger partial charge in [0.1, 0.15) is 23.9 Å². The van der Waals surface area contributed by atoms with E-state index in [4.69, 9.17) is 33.3 Å². The van der Waals surface area contributed by atoms with Gasteiger partial charge in [0, 0.05) is 5.56 Å². The van der Waals surface area contributed by atoms with Crippen molar-refractivity contribution >= 4 is 57.6 Å². The van der Waals surface area contributed by atoms with Crippen molar-refractivity contribution in [2.45, 2.75) is 13.5 Å². The fourth-order valence-corrected chi connectivity index (χ4v) is 4.70. The molecular formula is C25H19ClFNO3S2. The lowest BCUT2D eigenvalue weighted by molar-refractivity contribution is -0.113. The first-order valence-electron chi connectivity index (χ1n) is 10.1. The van der Waals surface area contributed by atoms with E-state index in [0.29, 0.717) is 37.9 Å². The minimum atomic E-state index is -0.409. The second-order valence-electron chi connectivity index (χ2n) is 7.00. The first-order valence-corrected chi connectivity index (χ1v) is 11.7. The average Bonchev–Trinajstić information content (AvgIpc) is 3.08. The third-order valence-corrected chi connectivity index (χ3v) is 6.48. The Labute approximate surface area is 206 Å². The topological polar surface area (TPSA) is 38.8 Å². The summed E-state index contributed by atoms with van der Waals surface area (Å²) in [7, 11) is 0. The van der Waals surface area contributed by atoms with Gasteiger partial charge in [-0.3, -0.25) is 9.69 Å². The van der Waals surface area contributed by atoms with Crippen LogP contribution in [0.4, 0.5) is 10.1 Å². The number of nitrogens with zero attached hydrogens (tertiary/aromatic N) is 1. The number of thiocarbonyl (C=S) groups is 1. The van der Waals surface area contributed by atoms with E-state index in [2.05, 4.69) is 0 Å². The molecule has 0 aliphatic carbocycles. The quantitative estimate of drug-likeness (QED) is 0.262. The predicted molar refractivity (Wildman–Crippen MR) is 135 cm³/mol. The normalized spacial score (nSPS) is 14.8. The van der Waals surface area contributed by atoms with Crippen molar-refractivity contribution in [1.29, 1.82) is 0 Å². The third kappa shape index (κ3) is 5.38. The number of halogens is 2. The monoisotopic (exact) mass is 499 g/mol. The van der Waals surface area contributed by atoms with Gasteiger partial charge in [0.15, 0.2) is 4.32 Å². The highest BCUT2D eigenvalue weighted by Crippen LogP contribution is 2.36. The molecule has 1 aliphatic rings. The molecule has 33 heavy (non-hydrogen) atoms. The number of benzene rings is 3. The average molecular weight is 500 g/mol. The maximum absolute atomic E-state index is 13.9. The fraction of sp³-hybridized carbons (Fsp3) is 0.120. The molecule has 8 heteroatoms. The number of thioether (sulfide) groups is 1. The minimum absolute atomic E-state index is 0.0194. The van der Waals surface area contributed by atoms with Crippen molar-refractivity contribution in [2.24, 2.45) is 0 Å². The molecule has 3 aromatic carbocycles. The Kier molecular flexibility index (Phi) is 7.33. The van der Waals surface area contributed by atoms with Crippen molar-refractivity contribution in [1.82, 2.24) is 0 Å². The van der Waals surface area contributed by atoms with Crippen LogP contribution in [0, 0.1) is 5.82 Å². The lowest BCUT2D eigenvalue weighted by Crippen LogP contribution is -2.27. The summed E-state index contributed by atoms with van der Waals surface area (Å²) in [5, 5.41) is 0.321. The summed E-state index contributed by atoms with van der Waals surface area (Å²) < 4.78 is 25.5. The Morgan fingerprint density at radius 2 is 1.70 bits per heavy atom. The van der Waals surface area contributed by atoms with Crippen molar-refractivity contribution < 1.29 is 18.7 Å². The van der Waals surface area contributed by atoms with E-state index in [1.807, 2.05) is 43.3 Å². The fourth-order valence-electron chi connectivity index (χ4n) is 3.19. The van der Waals surface area contributed by atoms with Crippen LogP contribution in [0.3, 0.4) is 0 Å². The van der Waals surface area contributed by atoms with Gasteiger partial charge in [-0.1, -0.05) is 53.8 Å². The molecule has 0 saturated carbocycles. The van der Waals surface area contributed by atoms with Crippen LogP contribution in [0.25, 0.3) is 6.08 Å². The van der Waals surface area contributed by atoms with Gasteiger partial charge in [-0.2, -0.15) is 0 Å². The third-order valence-electron chi connectivity index (χ3n) is 4.82. The van der Waals surface area contributed by atoms with E-state index >= 15 is 0 Å². The van der Waals surface area contributed by atoms with Crippen LogP contribution in [0.5, 0.6) is 11.5 Å². The van der Waals surface area contributed by atoms with Crippen LogP contribution in [-0.2, 0) is 11.4 Å². The van der Waals surface area contributed by atoms with E-state index in [0.717, 1.165) is 11.3 Å². The van der Waals surface area contributed by atoms with Crippen molar-refractivity contribution in [3.05, 3.63) is 93.6 Å². The molecular weight excluding hydrogens is 481 g/mol. The molecule has 168 valence electrons. The summed E-state index contributed by atoms with van der Waals surface area (Å²) in [4.78, 5) is 15.0. The molecule has 0 N–H and O–H groups in total. The van der Waals surface area contributed by atoms with Gasteiger partial charge >= 0.3 is 0 Å². The Hall–Kier alpha value is -2.87. The van der Waals surface area contributed by atoms with Crippen molar-refractivity contribution in [3.63, 3.8) is 0 Å². The highest BCUT2D eigenvalue weighted by molar-refractivity contribution is 8.27. The van der Waals surface area contributed by atoms with Crippen molar-refractivity contribution in [2.75, 3.05) is 11.5 Å². The minimum Gasteiger partial charge on any atom is -0.494 e. The lowest BCUT2D eigenvalue weighted by atomic mass is 10.2. The van der Waals surface area contributed by atoms with Gasteiger partial charge in [-0.25, -0.2) is 4.39 Å². The van der Waals surface area contributed by atoms with E-state index in [-0.39, 0.29) is 12.5 Å². The molecule has 0 spiro atoms. The zero-order valence-electron chi connectivity index (χ0n) is 17.6. The Bertz CT molecular complexity index is 1190. The van der Waals surface area contributed by atoms with Crippen LogP contribution < -0.4 is 14.4 Å². The first-order chi connectivity index (χ1) is 16.0. The summed E-state index contributed by atoms with van der Waals surface area (Å²) in [6.07, 6.45) is 1.78. The molecule has 4 rings (SSSR count). The van der Waals surface area contributed by atoms with Gasteiger partial charge < -0.3 is 9.47 Å². The molecule has 1 amide bonds. The first kappa shape index (κ1) is 23.3. The van der Waals surface area contributed by atoms with E-state index in [9.17, 15) is 9.18 Å². The highest BCUT2D eigenvalue weighted by atomic mass is 35.5. The standard InChI is InChI=1S/C25H19ClFNO3S2/c1-2-30-18-12-8-17(9-13-18)28-24(29)23(33-25(28)32)14-16-6-10-19(11-7-16)31-15-20-21(26)4-3-5-22(20)27/h3-14H,2,15H2,1H3/b23-14-. The van der Waals surface area contributed by atoms with Crippen LogP contribution in [-0.4, -0.2) is 16.8 Å². The maximum Gasteiger partial charge on any atom is 0.270 e. The molecule has 0 bridgehead atoms. The van der Waals surface area contributed by atoms with Gasteiger partial charge in [0.2, 0.25) is 0 Å². The maximum atomic E-state index is 13.9. The Morgan fingerprint density at radius 1 is 1.03 bits per heavy atom. The number of hydrogen-bond acceptors (Lipinski definition) is 5. The largest absolute Gasteiger partial charge is 0.494 e. The zero-order chi connectivity index (χ0) is 23.4. The van der Waals surface area contributed by atoms with Crippen LogP contribution in [0.15, 0.2) is 71.6 Å². The number of carbonyl (C=O) groups is 1. The SMILES string of the molecule is CCOc1ccc(N2C(=O)/C(=C/c3ccc(OCc4c(F)cccc4Cl)cc3)SC2=S)cc1. The van der Waals surface area contributed by atoms with Gasteiger partial charge in [-0.05, 0) is 67.1 Å². The second kappa shape index (κ2) is 10.4. The molecule has 1 fully saturated rings. The molecule has 4 nitrogen and oxygen atoms in total. The molecule has 0 radical (unpaired) electrons. The zero-order valence-corrected chi connectivity index (χ0v) is 20.0. The number of rotatable bonds is 7. The van der Waals surface area contributed by atoms with E-state index in [1.165, 1.54) is 22.7 Å². The number of hydrogen-bond donors (Lipinski definition) is 0. The Morgan fingerprint density at radius 3 is 2.36 bits per heavy atom. The van der Waals surface area contributed by atoms with Gasteiger partial charge in [-0.15, -0.1) is 0 Å². The molecule has 3 aromatic rings. The van der Waals surface area contributed by atoms with Crippen molar-refractivity contribution in [3.8, 4) is 11.5 Å². The van der Waals surface area contributed by atoms with Crippen LogP contribution in [0.2, 0.25) is 5.02 Å². The number of amides is 1. The molecule has 0 atom stereocenters. The highest BCUT2D eigenvalue weighted by Gasteiger charge is 2.33. The van der Waals surface area contributed by atoms with Crippen LogP contribution >= 0.6 is 35.6 Å². The molecule has 0 aromatic heterocycles. The predicted octanol–water partition coefficient (Wildman–Crippen LogP) is 6.86. The summed E-state index contributed by atoms with van der Waals surface area (Å²) in [6, 6.07) is 18.9. The Balaban J connectivity index is 1.44. The summed E-state index contributed by atoms with van der Waals surface area (Å²) in [6.45, 7) is 2.51. The lowest BCUT2D eigenvalue weighted by Gasteiger charge is -2.15. The van der Waals surface area contributed by atoms with Gasteiger partial charge in [0.05, 0.1) is 22.2 Å². The van der Waals surface area contributed by atoms with Gasteiger partial charge in [0.25, 0.3) is 5.91 Å². The number of anilines is 1. The number of ether oxygens (including phenoxy) is 2. The summed E-state index contributed by atoms with van der Waals surface area (Å²) in [5.74, 6) is 0.715. The van der Waals surface area contributed by atoms with Crippen LogP contribution in [0.1, 0.15) is 18.1 Å². The molecule has 0 unspecified atom stereocenters. The molecule has 1 heterocycles. The molecule has 1 saturated heterocycles. The second-order valence-corrected chi connectivity index (χ2v) is 9.08. The smallest absolute Gasteiger partial charge is 0.270 e. The van der Waals surface area contributed by atoms with E-state index in [1.54, 1.807) is 30.3 Å². The van der Waals surface area contributed by atoms with E-state index < -0.39 is 5.82 Å². The summed E-state index contributed by atoms with van der Waals surface area (Å²) >= 11 is 12.7. The number of carbonyl (C=O) groups excluding carboxylic acids is 1. The molecule has 1 aliphatic heterocycles.